The molecule has 0 radical (unpaired) electrons. The summed E-state index contributed by atoms with van der Waals surface area (Å²) in [7, 11) is 0. The lowest BCUT2D eigenvalue weighted by molar-refractivity contribution is -0.147. The van der Waals surface area contributed by atoms with E-state index in [0.717, 1.165) is 12.4 Å². The van der Waals surface area contributed by atoms with Crippen molar-refractivity contribution in [2.24, 2.45) is 5.41 Å². The Morgan fingerprint density at radius 2 is 1.96 bits per heavy atom. The minimum Gasteiger partial charge on any atom is -0.481 e. The lowest BCUT2D eigenvalue weighted by Gasteiger charge is -2.14. The van der Waals surface area contributed by atoms with Crippen LogP contribution in [0.2, 0.25) is 0 Å². The Bertz CT molecular complexity index is 622. The van der Waals surface area contributed by atoms with Crippen LogP contribution in [-0.2, 0) is 11.0 Å². The molecule has 0 aliphatic heterocycles. The van der Waals surface area contributed by atoms with Crippen LogP contribution in [0, 0.1) is 16.7 Å². The van der Waals surface area contributed by atoms with E-state index in [0.29, 0.717) is 12.5 Å². The molecule has 1 aromatic rings. The molecular formula is C15H18F3N3O3. The van der Waals surface area contributed by atoms with E-state index in [9.17, 15) is 22.8 Å². The molecule has 6 nitrogen and oxygen atoms in total. The Kier molecular flexibility index (Phi) is 7.89. The number of amides is 1. The van der Waals surface area contributed by atoms with Gasteiger partial charge < -0.3 is 10.4 Å². The summed E-state index contributed by atoms with van der Waals surface area (Å²) in [6, 6.07) is 2.30. The van der Waals surface area contributed by atoms with Gasteiger partial charge in [0.1, 0.15) is 6.54 Å². The molecule has 0 atom stereocenters. The minimum atomic E-state index is -4.62. The lowest BCUT2D eigenvalue weighted by Crippen LogP contribution is -2.26. The molecule has 0 saturated heterocycles. The van der Waals surface area contributed by atoms with E-state index < -0.39 is 34.6 Å². The zero-order chi connectivity index (χ0) is 19.0. The highest BCUT2D eigenvalue weighted by Crippen LogP contribution is 2.31. The van der Waals surface area contributed by atoms with E-state index in [1.54, 1.807) is 19.9 Å². The van der Waals surface area contributed by atoms with Gasteiger partial charge in [0.05, 0.1) is 22.6 Å². The molecule has 9 heteroatoms. The second-order valence-electron chi connectivity index (χ2n) is 5.30. The number of nitrogens with zero attached hydrogens (tertiary/aromatic N) is 2. The summed E-state index contributed by atoms with van der Waals surface area (Å²) in [5.74, 6) is -1.69. The summed E-state index contributed by atoms with van der Waals surface area (Å²) in [6.07, 6.45) is -2.18. The number of aromatic nitrogens is 1. The number of alkyl halides is 3. The number of nitrogens with one attached hydrogen (secondary N) is 1. The van der Waals surface area contributed by atoms with E-state index in [4.69, 9.17) is 10.4 Å². The van der Waals surface area contributed by atoms with Crippen molar-refractivity contribution in [3.8, 4) is 6.07 Å². The Morgan fingerprint density at radius 3 is 2.33 bits per heavy atom. The second-order valence-corrected chi connectivity index (χ2v) is 5.30. The normalized spacial score (nSPS) is 10.9. The van der Waals surface area contributed by atoms with Crippen molar-refractivity contribution in [1.82, 2.24) is 10.3 Å². The van der Waals surface area contributed by atoms with E-state index in [2.05, 4.69) is 4.98 Å². The van der Waals surface area contributed by atoms with Crippen molar-refractivity contribution in [2.75, 3.05) is 6.54 Å². The first-order valence-electron chi connectivity index (χ1n) is 6.87. The number of nitriles is 1. The molecule has 2 N–H and O–H groups in total. The molecule has 0 aromatic carbocycles. The Balaban J connectivity index is 0.000000561. The van der Waals surface area contributed by atoms with Gasteiger partial charge in [-0.25, -0.2) is 0 Å². The molecule has 24 heavy (non-hydrogen) atoms. The summed E-state index contributed by atoms with van der Waals surface area (Å²) in [6.45, 7) is 4.95. The SMILES string of the molecule is CCC(C)(C)C(=O)O.N#CCNC(=O)c1cnccc1C(F)(F)F. The molecule has 0 saturated carbocycles. The van der Waals surface area contributed by atoms with Crippen molar-refractivity contribution in [1.29, 1.82) is 5.26 Å². The Labute approximate surface area is 137 Å². The van der Waals surface area contributed by atoms with Gasteiger partial charge in [-0.3, -0.25) is 14.6 Å². The molecule has 1 amide bonds. The highest BCUT2D eigenvalue weighted by Gasteiger charge is 2.35. The molecule has 0 unspecified atom stereocenters. The van der Waals surface area contributed by atoms with Gasteiger partial charge in [-0.05, 0) is 26.3 Å². The number of pyridine rings is 1. The fraction of sp³-hybridized carbons (Fsp3) is 0.467. The van der Waals surface area contributed by atoms with Crippen molar-refractivity contribution in [2.45, 2.75) is 33.4 Å². The van der Waals surface area contributed by atoms with Crippen LogP contribution >= 0.6 is 0 Å². The molecule has 0 fully saturated rings. The number of aliphatic carboxylic acids is 1. The fourth-order valence-corrected chi connectivity index (χ4v) is 1.19. The average molecular weight is 345 g/mol. The fourth-order valence-electron chi connectivity index (χ4n) is 1.19. The zero-order valence-corrected chi connectivity index (χ0v) is 13.4. The Hall–Kier alpha value is -2.63. The average Bonchev–Trinajstić information content (AvgIpc) is 2.52. The number of rotatable bonds is 4. The molecule has 1 rings (SSSR count). The molecule has 132 valence electrons. The third-order valence-corrected chi connectivity index (χ3v) is 3.16. The number of carboxylic acid groups (broad SMARTS) is 1. The molecule has 0 spiro atoms. The van der Waals surface area contributed by atoms with Crippen LogP contribution < -0.4 is 5.32 Å². The molecule has 1 heterocycles. The van der Waals surface area contributed by atoms with Crippen LogP contribution in [-0.4, -0.2) is 28.5 Å². The maximum Gasteiger partial charge on any atom is 0.417 e. The predicted octanol–water partition coefficient (Wildman–Crippen LogP) is 2.86. The molecule has 0 aliphatic carbocycles. The summed E-state index contributed by atoms with van der Waals surface area (Å²) in [4.78, 5) is 25.0. The third kappa shape index (κ3) is 6.64. The number of carbonyl (C=O) groups excluding carboxylic acids is 1. The maximum absolute atomic E-state index is 12.5. The van der Waals surface area contributed by atoms with Crippen LogP contribution in [0.4, 0.5) is 13.2 Å². The highest BCUT2D eigenvalue weighted by atomic mass is 19.4. The number of halogens is 3. The van der Waals surface area contributed by atoms with Gasteiger partial charge in [0.15, 0.2) is 0 Å². The highest BCUT2D eigenvalue weighted by molar-refractivity contribution is 5.95. The van der Waals surface area contributed by atoms with Gasteiger partial charge in [-0.2, -0.15) is 18.4 Å². The predicted molar refractivity (Wildman–Crippen MR) is 78.9 cm³/mol. The van der Waals surface area contributed by atoms with Gasteiger partial charge >= 0.3 is 12.1 Å². The van der Waals surface area contributed by atoms with E-state index in [-0.39, 0.29) is 6.54 Å². The van der Waals surface area contributed by atoms with Crippen LogP contribution in [0.5, 0.6) is 0 Å². The third-order valence-electron chi connectivity index (χ3n) is 3.16. The monoisotopic (exact) mass is 345 g/mol. The molecular weight excluding hydrogens is 327 g/mol. The first-order chi connectivity index (χ1) is 11.0. The van der Waals surface area contributed by atoms with Crippen molar-refractivity contribution >= 4 is 11.9 Å². The summed E-state index contributed by atoms with van der Waals surface area (Å²) in [5, 5.41) is 18.7. The molecule has 0 bridgehead atoms. The standard InChI is InChI=1S/C9H6F3N3O.C6H12O2/c10-9(11,12)7-1-3-14-5-6(7)8(16)15-4-2-13;1-4-6(2,3)5(7)8/h1,3,5H,4H2,(H,15,16);4H2,1-3H3,(H,7,8). The van der Waals surface area contributed by atoms with E-state index in [1.807, 2.05) is 12.2 Å². The van der Waals surface area contributed by atoms with Crippen molar-refractivity contribution in [3.05, 3.63) is 29.6 Å². The van der Waals surface area contributed by atoms with Gasteiger partial charge in [-0.1, -0.05) is 6.92 Å². The summed E-state index contributed by atoms with van der Waals surface area (Å²) >= 11 is 0. The first kappa shape index (κ1) is 21.4. The number of hydrogen-bond donors (Lipinski definition) is 2. The van der Waals surface area contributed by atoms with Crippen molar-refractivity contribution in [3.63, 3.8) is 0 Å². The van der Waals surface area contributed by atoms with Crippen LogP contribution in [0.3, 0.4) is 0 Å². The second kappa shape index (κ2) is 8.86. The topological polar surface area (TPSA) is 103 Å². The van der Waals surface area contributed by atoms with E-state index >= 15 is 0 Å². The zero-order valence-electron chi connectivity index (χ0n) is 13.4. The molecule has 1 aromatic heterocycles. The van der Waals surface area contributed by atoms with Gasteiger partial charge in [0, 0.05) is 12.4 Å². The van der Waals surface area contributed by atoms with Crippen molar-refractivity contribution < 1.29 is 27.9 Å². The van der Waals surface area contributed by atoms with Crippen LogP contribution in [0.15, 0.2) is 18.5 Å². The summed E-state index contributed by atoms with van der Waals surface area (Å²) < 4.78 is 37.4. The van der Waals surface area contributed by atoms with Gasteiger partial charge in [0.2, 0.25) is 0 Å². The quantitative estimate of drug-likeness (QED) is 0.817. The van der Waals surface area contributed by atoms with Gasteiger partial charge in [0.25, 0.3) is 5.91 Å². The van der Waals surface area contributed by atoms with Gasteiger partial charge in [-0.15, -0.1) is 0 Å². The number of hydrogen-bond acceptors (Lipinski definition) is 4. The summed E-state index contributed by atoms with van der Waals surface area (Å²) in [5.41, 5.74) is -2.21. The lowest BCUT2D eigenvalue weighted by atomic mass is 9.91. The van der Waals surface area contributed by atoms with Crippen LogP contribution in [0.1, 0.15) is 43.1 Å². The smallest absolute Gasteiger partial charge is 0.417 e. The first-order valence-corrected chi connectivity index (χ1v) is 6.87. The Morgan fingerprint density at radius 1 is 1.38 bits per heavy atom. The number of carboxylic acids is 1. The molecule has 0 aliphatic rings. The number of carbonyl (C=O) groups is 2. The maximum atomic E-state index is 12.5. The van der Waals surface area contributed by atoms with Crippen LogP contribution in [0.25, 0.3) is 0 Å². The minimum absolute atomic E-state index is 0.356. The largest absolute Gasteiger partial charge is 0.481 e. The van der Waals surface area contributed by atoms with E-state index in [1.165, 1.54) is 0 Å².